The van der Waals surface area contributed by atoms with Gasteiger partial charge >= 0.3 is 0 Å². The van der Waals surface area contributed by atoms with E-state index in [0.717, 1.165) is 11.3 Å². The van der Waals surface area contributed by atoms with E-state index in [1.54, 1.807) is 24.5 Å². The number of carbonyl (C=O) groups is 1. The van der Waals surface area contributed by atoms with E-state index in [2.05, 4.69) is 15.3 Å². The van der Waals surface area contributed by atoms with Crippen molar-refractivity contribution in [1.29, 1.82) is 0 Å². The molecule has 0 saturated carbocycles. The van der Waals surface area contributed by atoms with Crippen LogP contribution in [0.3, 0.4) is 0 Å². The molecule has 0 fully saturated rings. The first-order chi connectivity index (χ1) is 12.2. The minimum Gasteiger partial charge on any atom is -0.322 e. The van der Waals surface area contributed by atoms with Crippen molar-refractivity contribution in [3.8, 4) is 11.3 Å². The molecule has 1 N–H and O–H groups in total. The average molecular weight is 348 g/mol. The topological polar surface area (TPSA) is 76.4 Å². The van der Waals surface area contributed by atoms with E-state index in [1.807, 2.05) is 35.7 Å². The molecule has 122 valence electrons. The number of nitrogens with zero attached hydrogens (tertiary/aromatic N) is 3. The highest BCUT2D eigenvalue weighted by molar-refractivity contribution is 7.15. The SMILES string of the molecule is O=C(Nc1ccncc1)c1cnc2scc(-c3ccccc3)n2c1=O. The fraction of sp³-hybridized carbons (Fsp3) is 0. The lowest BCUT2D eigenvalue weighted by molar-refractivity contribution is 0.102. The zero-order valence-corrected chi connectivity index (χ0v) is 13.7. The molecule has 25 heavy (non-hydrogen) atoms. The maximum absolute atomic E-state index is 12.9. The molecule has 1 amide bonds. The van der Waals surface area contributed by atoms with Gasteiger partial charge in [-0.2, -0.15) is 0 Å². The molecule has 3 aromatic heterocycles. The predicted molar refractivity (Wildman–Crippen MR) is 97.0 cm³/mol. The van der Waals surface area contributed by atoms with Crippen LogP contribution in [0.25, 0.3) is 16.2 Å². The van der Waals surface area contributed by atoms with E-state index in [9.17, 15) is 9.59 Å². The number of hydrogen-bond acceptors (Lipinski definition) is 5. The van der Waals surface area contributed by atoms with Crippen LogP contribution in [-0.2, 0) is 0 Å². The van der Waals surface area contributed by atoms with Crippen LogP contribution >= 0.6 is 11.3 Å². The van der Waals surface area contributed by atoms with Crippen LogP contribution in [0.2, 0.25) is 0 Å². The zero-order valence-electron chi connectivity index (χ0n) is 12.9. The Balaban J connectivity index is 1.80. The molecular weight excluding hydrogens is 336 g/mol. The molecule has 6 nitrogen and oxygen atoms in total. The van der Waals surface area contributed by atoms with Gasteiger partial charge in [-0.25, -0.2) is 4.98 Å². The van der Waals surface area contributed by atoms with Crippen molar-refractivity contribution >= 4 is 27.9 Å². The summed E-state index contributed by atoms with van der Waals surface area (Å²) in [6.45, 7) is 0. The van der Waals surface area contributed by atoms with Gasteiger partial charge in [-0.1, -0.05) is 30.3 Å². The van der Waals surface area contributed by atoms with Gasteiger partial charge < -0.3 is 5.32 Å². The summed E-state index contributed by atoms with van der Waals surface area (Å²) in [5.74, 6) is -0.497. The number of thiazole rings is 1. The second-order valence-electron chi connectivity index (χ2n) is 5.27. The van der Waals surface area contributed by atoms with Crippen molar-refractivity contribution in [3.05, 3.63) is 82.4 Å². The quantitative estimate of drug-likeness (QED) is 0.617. The number of benzene rings is 1. The molecule has 7 heteroatoms. The van der Waals surface area contributed by atoms with Gasteiger partial charge in [0.1, 0.15) is 5.56 Å². The van der Waals surface area contributed by atoms with Gasteiger partial charge in [0.15, 0.2) is 4.96 Å². The number of amides is 1. The average Bonchev–Trinajstić information content (AvgIpc) is 3.08. The third-order valence-electron chi connectivity index (χ3n) is 3.70. The molecule has 0 aliphatic heterocycles. The van der Waals surface area contributed by atoms with Gasteiger partial charge in [-0.05, 0) is 17.7 Å². The maximum atomic E-state index is 12.9. The van der Waals surface area contributed by atoms with Crippen LogP contribution < -0.4 is 10.9 Å². The lowest BCUT2D eigenvalue weighted by atomic mass is 10.2. The van der Waals surface area contributed by atoms with E-state index in [1.165, 1.54) is 21.9 Å². The van der Waals surface area contributed by atoms with Gasteiger partial charge in [0.05, 0.1) is 5.69 Å². The lowest BCUT2D eigenvalue weighted by Gasteiger charge is -2.06. The summed E-state index contributed by atoms with van der Waals surface area (Å²) in [6.07, 6.45) is 4.45. The van der Waals surface area contributed by atoms with E-state index in [-0.39, 0.29) is 5.56 Å². The summed E-state index contributed by atoms with van der Waals surface area (Å²) in [7, 11) is 0. The Kier molecular flexibility index (Phi) is 3.83. The smallest absolute Gasteiger partial charge is 0.271 e. The van der Waals surface area contributed by atoms with Crippen LogP contribution in [0.15, 0.2) is 71.2 Å². The van der Waals surface area contributed by atoms with Crippen molar-refractivity contribution in [2.75, 3.05) is 5.32 Å². The normalized spacial score (nSPS) is 10.7. The van der Waals surface area contributed by atoms with E-state index in [4.69, 9.17) is 0 Å². The van der Waals surface area contributed by atoms with Gasteiger partial charge in [0.25, 0.3) is 11.5 Å². The Morgan fingerprint density at radius 3 is 2.60 bits per heavy atom. The Hall–Kier alpha value is -3.32. The van der Waals surface area contributed by atoms with E-state index < -0.39 is 11.5 Å². The molecule has 4 rings (SSSR count). The first kappa shape index (κ1) is 15.2. The Morgan fingerprint density at radius 2 is 1.84 bits per heavy atom. The highest BCUT2D eigenvalue weighted by Crippen LogP contribution is 2.23. The van der Waals surface area contributed by atoms with Gasteiger partial charge in [0, 0.05) is 29.7 Å². The highest BCUT2D eigenvalue weighted by atomic mass is 32.1. The first-order valence-electron chi connectivity index (χ1n) is 7.50. The molecule has 0 saturated heterocycles. The molecule has 1 aromatic carbocycles. The van der Waals surface area contributed by atoms with Crippen molar-refractivity contribution in [3.63, 3.8) is 0 Å². The second kappa shape index (κ2) is 6.29. The monoisotopic (exact) mass is 348 g/mol. The molecule has 0 spiro atoms. The number of carbonyl (C=O) groups excluding carboxylic acids is 1. The summed E-state index contributed by atoms with van der Waals surface area (Å²) in [5.41, 5.74) is 1.78. The Bertz CT molecular complexity index is 1100. The van der Waals surface area contributed by atoms with Crippen LogP contribution in [0.1, 0.15) is 10.4 Å². The Morgan fingerprint density at radius 1 is 1.08 bits per heavy atom. The first-order valence-corrected chi connectivity index (χ1v) is 8.38. The van der Waals surface area contributed by atoms with Crippen LogP contribution in [0.5, 0.6) is 0 Å². The second-order valence-corrected chi connectivity index (χ2v) is 6.11. The number of nitrogens with one attached hydrogen (secondary N) is 1. The molecule has 0 atom stereocenters. The molecule has 3 heterocycles. The summed E-state index contributed by atoms with van der Waals surface area (Å²) in [5, 5.41) is 4.55. The summed E-state index contributed by atoms with van der Waals surface area (Å²) < 4.78 is 1.47. The molecule has 0 bridgehead atoms. The molecule has 0 aliphatic rings. The van der Waals surface area contributed by atoms with Crippen molar-refractivity contribution in [1.82, 2.24) is 14.4 Å². The fourth-order valence-corrected chi connectivity index (χ4v) is 3.35. The molecule has 0 aliphatic carbocycles. The largest absolute Gasteiger partial charge is 0.322 e. The van der Waals surface area contributed by atoms with Crippen LogP contribution in [0, 0.1) is 0 Å². The Labute approximate surface area is 146 Å². The third kappa shape index (κ3) is 2.81. The van der Waals surface area contributed by atoms with Crippen molar-refractivity contribution in [2.45, 2.75) is 0 Å². The fourth-order valence-electron chi connectivity index (χ4n) is 2.49. The number of rotatable bonds is 3. The maximum Gasteiger partial charge on any atom is 0.271 e. The molecule has 0 radical (unpaired) electrons. The third-order valence-corrected chi connectivity index (χ3v) is 4.54. The summed E-state index contributed by atoms with van der Waals surface area (Å²) in [4.78, 5) is 34.0. The highest BCUT2D eigenvalue weighted by Gasteiger charge is 2.17. The number of anilines is 1. The standard InChI is InChI=1S/C18H12N4O2S/c23-16(21-13-6-8-19-9-7-13)14-10-20-18-22(17(14)24)15(11-25-18)12-4-2-1-3-5-12/h1-11H,(H,19,21,23). The number of fused-ring (bicyclic) bond motifs is 1. The van der Waals surface area contributed by atoms with Crippen molar-refractivity contribution in [2.24, 2.45) is 0 Å². The zero-order chi connectivity index (χ0) is 17.2. The lowest BCUT2D eigenvalue weighted by Crippen LogP contribution is -2.26. The summed E-state index contributed by atoms with van der Waals surface area (Å²) >= 11 is 1.36. The van der Waals surface area contributed by atoms with Crippen LogP contribution in [0.4, 0.5) is 5.69 Å². The molecule has 0 unspecified atom stereocenters. The minimum absolute atomic E-state index is 0.00936. The number of aromatic nitrogens is 3. The van der Waals surface area contributed by atoms with Gasteiger partial charge in [-0.15, -0.1) is 11.3 Å². The van der Waals surface area contributed by atoms with Gasteiger partial charge in [0.2, 0.25) is 0 Å². The van der Waals surface area contributed by atoms with E-state index >= 15 is 0 Å². The van der Waals surface area contributed by atoms with Gasteiger partial charge in [-0.3, -0.25) is 19.0 Å². The molecular formula is C18H12N4O2S. The number of hydrogen-bond donors (Lipinski definition) is 1. The van der Waals surface area contributed by atoms with E-state index in [0.29, 0.717) is 10.6 Å². The molecule has 4 aromatic rings. The van der Waals surface area contributed by atoms with Crippen LogP contribution in [-0.4, -0.2) is 20.3 Å². The number of pyridine rings is 1. The predicted octanol–water partition coefficient (Wildman–Crippen LogP) is 3.07. The minimum atomic E-state index is -0.497. The summed E-state index contributed by atoms with van der Waals surface area (Å²) in [6, 6.07) is 12.8. The van der Waals surface area contributed by atoms with Crippen molar-refractivity contribution < 1.29 is 4.79 Å².